The number of aromatic amines is 1. The average Bonchev–Trinajstić information content (AvgIpc) is 2.92. The van der Waals surface area contributed by atoms with Gasteiger partial charge in [0.15, 0.2) is 0 Å². The Morgan fingerprint density at radius 3 is 2.94 bits per heavy atom. The van der Waals surface area contributed by atoms with Crippen molar-refractivity contribution in [2.75, 3.05) is 6.54 Å². The summed E-state index contributed by atoms with van der Waals surface area (Å²) in [6, 6.07) is 4.38. The van der Waals surface area contributed by atoms with Gasteiger partial charge in [0.2, 0.25) is 0 Å². The van der Waals surface area contributed by atoms with Gasteiger partial charge >= 0.3 is 0 Å². The number of nitrogens with one attached hydrogen (secondary N) is 1. The van der Waals surface area contributed by atoms with E-state index in [9.17, 15) is 0 Å². The number of nitrogens with zero attached hydrogens (tertiary/aromatic N) is 1. The zero-order chi connectivity index (χ0) is 12.7. The number of hydrogen-bond acceptors (Lipinski definition) is 2. The lowest BCUT2D eigenvalue weighted by atomic mass is 9.96. The van der Waals surface area contributed by atoms with E-state index in [0.717, 1.165) is 17.9 Å². The van der Waals surface area contributed by atoms with Crippen molar-refractivity contribution in [1.82, 2.24) is 9.97 Å². The fraction of sp³-hybridized carbons (Fsp3) is 0.533. The summed E-state index contributed by atoms with van der Waals surface area (Å²) >= 11 is 0. The average molecular weight is 243 g/mol. The Hall–Kier alpha value is -1.35. The van der Waals surface area contributed by atoms with Gasteiger partial charge in [-0.2, -0.15) is 0 Å². The van der Waals surface area contributed by atoms with Crippen LogP contribution < -0.4 is 5.73 Å². The van der Waals surface area contributed by atoms with Crippen LogP contribution in [0.2, 0.25) is 0 Å². The van der Waals surface area contributed by atoms with Crippen molar-refractivity contribution < 1.29 is 0 Å². The summed E-state index contributed by atoms with van der Waals surface area (Å²) in [5.41, 5.74) is 10.7. The van der Waals surface area contributed by atoms with Crippen molar-refractivity contribution in [3.8, 4) is 0 Å². The first kappa shape index (κ1) is 11.7. The van der Waals surface area contributed by atoms with E-state index in [4.69, 9.17) is 10.7 Å². The lowest BCUT2D eigenvalue weighted by molar-refractivity contribution is 0.481. The molecule has 2 aromatic rings. The van der Waals surface area contributed by atoms with Gasteiger partial charge in [0.25, 0.3) is 0 Å². The quantitative estimate of drug-likeness (QED) is 0.851. The summed E-state index contributed by atoms with van der Waals surface area (Å²) < 4.78 is 0. The minimum Gasteiger partial charge on any atom is -0.342 e. The molecule has 1 saturated carbocycles. The topological polar surface area (TPSA) is 54.7 Å². The smallest absolute Gasteiger partial charge is 0.110 e. The Morgan fingerprint density at radius 1 is 1.33 bits per heavy atom. The molecular weight excluding hydrogens is 222 g/mol. The number of fused-ring (bicyclic) bond motifs is 1. The summed E-state index contributed by atoms with van der Waals surface area (Å²) in [5, 5.41) is 0. The number of aromatic nitrogens is 2. The normalized spacial score (nSPS) is 23.9. The maximum Gasteiger partial charge on any atom is 0.110 e. The third-order valence-electron chi connectivity index (χ3n) is 4.25. The fourth-order valence-corrected chi connectivity index (χ4v) is 3.34. The molecule has 3 heteroatoms. The van der Waals surface area contributed by atoms with Crippen molar-refractivity contribution >= 4 is 11.0 Å². The SMILES string of the molecule is Cc1cc(C)c2nc(C3CCCC3CN)[nH]c2c1. The summed E-state index contributed by atoms with van der Waals surface area (Å²) in [6.07, 6.45) is 3.75. The molecule has 0 amide bonds. The molecule has 96 valence electrons. The van der Waals surface area contributed by atoms with Gasteiger partial charge in [0.1, 0.15) is 5.82 Å². The predicted molar refractivity (Wildman–Crippen MR) is 74.7 cm³/mol. The van der Waals surface area contributed by atoms with Crippen LogP contribution in [0.1, 0.15) is 42.1 Å². The summed E-state index contributed by atoms with van der Waals surface area (Å²) in [6.45, 7) is 5.04. The Kier molecular flexibility index (Phi) is 2.86. The van der Waals surface area contributed by atoms with E-state index in [-0.39, 0.29) is 0 Å². The van der Waals surface area contributed by atoms with Crippen LogP contribution in [-0.4, -0.2) is 16.5 Å². The Bertz CT molecular complexity index is 570. The molecule has 1 aromatic carbocycles. The maximum absolute atomic E-state index is 5.87. The standard InChI is InChI=1S/C15H21N3/c1-9-6-10(2)14-13(7-9)17-15(18-14)12-5-3-4-11(12)8-16/h6-7,11-12H,3-5,8,16H2,1-2H3,(H,17,18). The van der Waals surface area contributed by atoms with Crippen molar-refractivity contribution in [2.24, 2.45) is 11.7 Å². The molecule has 1 fully saturated rings. The number of benzene rings is 1. The van der Waals surface area contributed by atoms with E-state index in [1.807, 2.05) is 0 Å². The van der Waals surface area contributed by atoms with Crippen molar-refractivity contribution in [2.45, 2.75) is 39.0 Å². The Balaban J connectivity index is 2.05. The molecule has 2 unspecified atom stereocenters. The molecule has 3 nitrogen and oxygen atoms in total. The molecule has 2 atom stereocenters. The van der Waals surface area contributed by atoms with E-state index in [1.54, 1.807) is 0 Å². The second-order valence-corrected chi connectivity index (χ2v) is 5.63. The van der Waals surface area contributed by atoms with Crippen molar-refractivity contribution in [3.05, 3.63) is 29.1 Å². The molecule has 18 heavy (non-hydrogen) atoms. The molecule has 0 saturated heterocycles. The van der Waals surface area contributed by atoms with Gasteiger partial charge in [-0.1, -0.05) is 12.5 Å². The minimum atomic E-state index is 0.530. The first-order valence-corrected chi connectivity index (χ1v) is 6.86. The molecule has 3 N–H and O–H groups in total. The molecule has 1 heterocycles. The lowest BCUT2D eigenvalue weighted by Crippen LogP contribution is -2.17. The molecule has 0 radical (unpaired) electrons. The second kappa shape index (κ2) is 4.39. The zero-order valence-electron chi connectivity index (χ0n) is 11.2. The summed E-state index contributed by atoms with van der Waals surface area (Å²) in [7, 11) is 0. The highest BCUT2D eigenvalue weighted by Gasteiger charge is 2.29. The van der Waals surface area contributed by atoms with Crippen molar-refractivity contribution in [1.29, 1.82) is 0 Å². The van der Waals surface area contributed by atoms with E-state index in [2.05, 4.69) is 31.0 Å². The van der Waals surface area contributed by atoms with Crippen LogP contribution in [0.15, 0.2) is 12.1 Å². The largest absolute Gasteiger partial charge is 0.342 e. The highest BCUT2D eigenvalue weighted by atomic mass is 14.9. The van der Waals surface area contributed by atoms with E-state index < -0.39 is 0 Å². The lowest BCUT2D eigenvalue weighted by Gasteiger charge is -2.14. The van der Waals surface area contributed by atoms with Gasteiger partial charge in [-0.25, -0.2) is 4.98 Å². The van der Waals surface area contributed by atoms with Crippen LogP contribution in [0.25, 0.3) is 11.0 Å². The van der Waals surface area contributed by atoms with Crippen LogP contribution in [0.3, 0.4) is 0 Å². The molecular formula is C15H21N3. The van der Waals surface area contributed by atoms with Crippen LogP contribution in [0.5, 0.6) is 0 Å². The molecule has 1 aliphatic rings. The molecule has 0 spiro atoms. The van der Waals surface area contributed by atoms with E-state index in [1.165, 1.54) is 35.9 Å². The molecule has 0 aliphatic heterocycles. The van der Waals surface area contributed by atoms with Gasteiger partial charge in [-0.3, -0.25) is 0 Å². The number of imidazole rings is 1. The summed E-state index contributed by atoms with van der Waals surface area (Å²) in [5.74, 6) is 2.28. The van der Waals surface area contributed by atoms with Crippen LogP contribution in [0.4, 0.5) is 0 Å². The fourth-order valence-electron chi connectivity index (χ4n) is 3.34. The van der Waals surface area contributed by atoms with E-state index in [0.29, 0.717) is 11.8 Å². The first-order chi connectivity index (χ1) is 8.69. The van der Waals surface area contributed by atoms with Gasteiger partial charge in [0.05, 0.1) is 11.0 Å². The number of rotatable bonds is 2. The Morgan fingerprint density at radius 2 is 2.17 bits per heavy atom. The summed E-state index contributed by atoms with van der Waals surface area (Å²) in [4.78, 5) is 8.34. The minimum absolute atomic E-state index is 0.530. The van der Waals surface area contributed by atoms with Crippen LogP contribution >= 0.6 is 0 Å². The van der Waals surface area contributed by atoms with Crippen molar-refractivity contribution in [3.63, 3.8) is 0 Å². The molecule has 1 aromatic heterocycles. The first-order valence-electron chi connectivity index (χ1n) is 6.86. The predicted octanol–water partition coefficient (Wildman–Crippen LogP) is 3.02. The van der Waals surface area contributed by atoms with E-state index >= 15 is 0 Å². The third kappa shape index (κ3) is 1.83. The molecule has 1 aliphatic carbocycles. The number of H-pyrrole nitrogens is 1. The zero-order valence-corrected chi connectivity index (χ0v) is 11.2. The molecule has 3 rings (SSSR count). The number of aryl methyl sites for hydroxylation is 2. The van der Waals surface area contributed by atoms with Gasteiger partial charge < -0.3 is 10.7 Å². The third-order valence-corrected chi connectivity index (χ3v) is 4.25. The highest BCUT2D eigenvalue weighted by molar-refractivity contribution is 5.79. The molecule has 0 bridgehead atoms. The van der Waals surface area contributed by atoms with Crippen LogP contribution in [0, 0.1) is 19.8 Å². The van der Waals surface area contributed by atoms with Crippen LogP contribution in [-0.2, 0) is 0 Å². The number of nitrogens with two attached hydrogens (primary N) is 1. The van der Waals surface area contributed by atoms with Gasteiger partial charge in [0, 0.05) is 5.92 Å². The van der Waals surface area contributed by atoms with Gasteiger partial charge in [-0.15, -0.1) is 0 Å². The second-order valence-electron chi connectivity index (χ2n) is 5.63. The monoisotopic (exact) mass is 243 g/mol. The highest BCUT2D eigenvalue weighted by Crippen LogP contribution is 2.38. The Labute approximate surface area is 108 Å². The van der Waals surface area contributed by atoms with Gasteiger partial charge in [-0.05, 0) is 56.3 Å². The maximum atomic E-state index is 5.87. The number of hydrogen-bond donors (Lipinski definition) is 2.